The van der Waals surface area contributed by atoms with Gasteiger partial charge >= 0.3 is 0 Å². The molecule has 3 fully saturated rings. The van der Waals surface area contributed by atoms with Crippen molar-refractivity contribution in [1.29, 1.82) is 0 Å². The van der Waals surface area contributed by atoms with Crippen LogP contribution in [0.5, 0.6) is 0 Å². The van der Waals surface area contributed by atoms with Crippen molar-refractivity contribution < 1.29 is 4.74 Å². The molecule has 5 atom stereocenters. The van der Waals surface area contributed by atoms with Gasteiger partial charge in [0.05, 0.1) is 23.9 Å². The molecule has 0 radical (unpaired) electrons. The van der Waals surface area contributed by atoms with E-state index in [1.54, 1.807) is 0 Å². The van der Waals surface area contributed by atoms with Crippen LogP contribution in [-0.2, 0) is 11.3 Å². The second-order valence-corrected chi connectivity index (χ2v) is 10.2. The second kappa shape index (κ2) is 9.93. The van der Waals surface area contributed by atoms with Crippen molar-refractivity contribution in [2.24, 2.45) is 11.8 Å². The van der Waals surface area contributed by atoms with Crippen LogP contribution in [0.1, 0.15) is 43.4 Å². The lowest BCUT2D eigenvalue weighted by Gasteiger charge is -2.52. The Balaban J connectivity index is 1.44. The van der Waals surface area contributed by atoms with Gasteiger partial charge in [0, 0.05) is 23.5 Å². The predicted molar refractivity (Wildman–Crippen MR) is 143 cm³/mol. The summed E-state index contributed by atoms with van der Waals surface area (Å²) in [5.41, 5.74) is 5.71. The normalized spacial score (nSPS) is 24.5. The molecule has 0 spiro atoms. The van der Waals surface area contributed by atoms with E-state index in [9.17, 15) is 0 Å². The first-order valence-electron chi connectivity index (χ1n) is 13.1. The molecule has 2 bridgehead atoms. The minimum atomic E-state index is 0.00572. The van der Waals surface area contributed by atoms with Gasteiger partial charge in [-0.3, -0.25) is 4.90 Å². The van der Waals surface area contributed by atoms with Crippen LogP contribution in [0.3, 0.4) is 0 Å². The standard InChI is InChI=1S/C32H34N2O/c1-2-24-21-34-18-17-26(24)19-31(34)32(35-22-23-11-5-3-6-12-23)28-20-30(25-13-7-4-8-14-25)33-29-16-10-9-15-27(28)29/h3-16,20,24,26,31-32H,2,17-19,21-22H2,1H3/t24-,26-,31+,32-/m0/s1. The zero-order valence-corrected chi connectivity index (χ0v) is 20.5. The summed E-state index contributed by atoms with van der Waals surface area (Å²) in [5.74, 6) is 1.63. The number of pyridine rings is 1. The largest absolute Gasteiger partial charge is 0.367 e. The Morgan fingerprint density at radius 1 is 0.943 bits per heavy atom. The lowest BCUT2D eigenvalue weighted by molar-refractivity contribution is -0.0879. The fraction of sp³-hybridized carbons (Fsp3) is 0.344. The smallest absolute Gasteiger partial charge is 0.0991 e. The molecule has 3 saturated heterocycles. The molecule has 4 heterocycles. The molecule has 0 N–H and O–H groups in total. The van der Waals surface area contributed by atoms with E-state index in [1.165, 1.54) is 48.9 Å². The van der Waals surface area contributed by atoms with Crippen molar-refractivity contribution in [3.8, 4) is 11.3 Å². The number of para-hydroxylation sites is 1. The highest BCUT2D eigenvalue weighted by Gasteiger charge is 2.43. The molecule has 4 aromatic rings. The maximum atomic E-state index is 6.90. The molecule has 3 aliphatic heterocycles. The Bertz CT molecular complexity index is 1270. The van der Waals surface area contributed by atoms with Crippen LogP contribution in [0, 0.1) is 11.8 Å². The first-order valence-corrected chi connectivity index (χ1v) is 13.1. The first-order chi connectivity index (χ1) is 17.3. The zero-order chi connectivity index (χ0) is 23.6. The Hall–Kier alpha value is -3.01. The molecule has 0 aliphatic carbocycles. The molecule has 7 rings (SSSR count). The molecular formula is C32H34N2O. The summed E-state index contributed by atoms with van der Waals surface area (Å²) < 4.78 is 6.90. The van der Waals surface area contributed by atoms with Gasteiger partial charge < -0.3 is 4.74 Å². The Morgan fingerprint density at radius 2 is 1.69 bits per heavy atom. The highest BCUT2D eigenvalue weighted by molar-refractivity contribution is 5.85. The van der Waals surface area contributed by atoms with E-state index >= 15 is 0 Å². The summed E-state index contributed by atoms with van der Waals surface area (Å²) in [5, 5.41) is 1.21. The van der Waals surface area contributed by atoms with E-state index in [2.05, 4.69) is 103 Å². The summed E-state index contributed by atoms with van der Waals surface area (Å²) in [6.45, 7) is 5.36. The highest BCUT2D eigenvalue weighted by atomic mass is 16.5. The summed E-state index contributed by atoms with van der Waals surface area (Å²) in [6.07, 6.45) is 3.83. The Morgan fingerprint density at radius 3 is 2.43 bits per heavy atom. The third-order valence-electron chi connectivity index (χ3n) is 8.21. The minimum absolute atomic E-state index is 0.00572. The molecule has 0 amide bonds. The lowest BCUT2D eigenvalue weighted by atomic mass is 9.72. The topological polar surface area (TPSA) is 25.4 Å². The van der Waals surface area contributed by atoms with Crippen molar-refractivity contribution in [1.82, 2.24) is 9.88 Å². The Kier molecular flexibility index (Phi) is 6.37. The molecule has 3 heteroatoms. The lowest BCUT2D eigenvalue weighted by Crippen LogP contribution is -2.55. The molecule has 1 unspecified atom stereocenters. The van der Waals surface area contributed by atoms with Crippen LogP contribution in [0.4, 0.5) is 0 Å². The van der Waals surface area contributed by atoms with Crippen molar-refractivity contribution in [2.75, 3.05) is 13.1 Å². The van der Waals surface area contributed by atoms with Crippen LogP contribution in [0.2, 0.25) is 0 Å². The molecule has 3 aromatic carbocycles. The van der Waals surface area contributed by atoms with Gasteiger partial charge in [-0.25, -0.2) is 4.98 Å². The first kappa shape index (κ1) is 22.5. The number of ether oxygens (including phenoxy) is 1. The predicted octanol–water partition coefficient (Wildman–Crippen LogP) is 7.28. The van der Waals surface area contributed by atoms with Crippen molar-refractivity contribution in [3.05, 3.63) is 102 Å². The van der Waals surface area contributed by atoms with Crippen LogP contribution < -0.4 is 0 Å². The molecule has 1 aromatic heterocycles. The summed E-state index contributed by atoms with van der Waals surface area (Å²) >= 11 is 0. The molecular weight excluding hydrogens is 428 g/mol. The van der Waals surface area contributed by atoms with Gasteiger partial charge in [0.25, 0.3) is 0 Å². The molecule has 3 aliphatic rings. The second-order valence-electron chi connectivity index (χ2n) is 10.2. The average molecular weight is 463 g/mol. The molecule has 3 nitrogen and oxygen atoms in total. The zero-order valence-electron chi connectivity index (χ0n) is 20.5. The Labute approximate surface area is 208 Å². The van der Waals surface area contributed by atoms with Gasteiger partial charge in [-0.2, -0.15) is 0 Å². The number of piperidine rings is 3. The maximum absolute atomic E-state index is 6.90. The quantitative estimate of drug-likeness (QED) is 0.288. The third-order valence-corrected chi connectivity index (χ3v) is 8.21. The van der Waals surface area contributed by atoms with Gasteiger partial charge in [-0.1, -0.05) is 92.2 Å². The molecule has 35 heavy (non-hydrogen) atoms. The number of nitrogens with zero attached hydrogens (tertiary/aromatic N) is 2. The van der Waals surface area contributed by atoms with Crippen molar-refractivity contribution in [2.45, 2.75) is 44.9 Å². The van der Waals surface area contributed by atoms with Gasteiger partial charge in [0.2, 0.25) is 0 Å². The van der Waals surface area contributed by atoms with Gasteiger partial charge in [-0.15, -0.1) is 0 Å². The number of hydrogen-bond acceptors (Lipinski definition) is 3. The van der Waals surface area contributed by atoms with Gasteiger partial charge in [-0.05, 0) is 54.5 Å². The monoisotopic (exact) mass is 462 g/mol. The number of benzene rings is 3. The fourth-order valence-corrected chi connectivity index (χ4v) is 6.32. The van der Waals surface area contributed by atoms with E-state index in [-0.39, 0.29) is 6.10 Å². The van der Waals surface area contributed by atoms with Crippen LogP contribution in [-0.4, -0.2) is 29.0 Å². The number of rotatable bonds is 7. The summed E-state index contributed by atoms with van der Waals surface area (Å²) in [6, 6.07) is 32.4. The van der Waals surface area contributed by atoms with Gasteiger partial charge in [0.1, 0.15) is 0 Å². The van der Waals surface area contributed by atoms with Crippen LogP contribution >= 0.6 is 0 Å². The van der Waals surface area contributed by atoms with E-state index in [4.69, 9.17) is 9.72 Å². The third kappa shape index (κ3) is 4.51. The number of fused-ring (bicyclic) bond motifs is 4. The SMILES string of the molecule is CC[C@H]1CN2CC[C@H]1C[C@@H]2[C@@H](OCc1ccccc1)c1cc(-c2ccccc2)nc2ccccc12. The van der Waals surface area contributed by atoms with E-state index in [0.717, 1.165) is 28.6 Å². The van der Waals surface area contributed by atoms with E-state index in [0.29, 0.717) is 12.6 Å². The van der Waals surface area contributed by atoms with Crippen LogP contribution in [0.15, 0.2) is 91.0 Å². The highest BCUT2D eigenvalue weighted by Crippen LogP contribution is 2.44. The van der Waals surface area contributed by atoms with E-state index < -0.39 is 0 Å². The van der Waals surface area contributed by atoms with Crippen molar-refractivity contribution >= 4 is 10.9 Å². The average Bonchev–Trinajstić information content (AvgIpc) is 2.94. The molecule has 0 saturated carbocycles. The van der Waals surface area contributed by atoms with Crippen molar-refractivity contribution in [3.63, 3.8) is 0 Å². The van der Waals surface area contributed by atoms with Gasteiger partial charge in [0.15, 0.2) is 0 Å². The molecule has 178 valence electrons. The minimum Gasteiger partial charge on any atom is -0.367 e. The summed E-state index contributed by atoms with van der Waals surface area (Å²) in [4.78, 5) is 7.78. The number of aromatic nitrogens is 1. The maximum Gasteiger partial charge on any atom is 0.0991 e. The number of hydrogen-bond donors (Lipinski definition) is 0. The van der Waals surface area contributed by atoms with Crippen LogP contribution in [0.25, 0.3) is 22.2 Å². The fourth-order valence-electron chi connectivity index (χ4n) is 6.32. The van der Waals surface area contributed by atoms with E-state index in [1.807, 2.05) is 0 Å². The summed E-state index contributed by atoms with van der Waals surface area (Å²) in [7, 11) is 0.